The maximum absolute atomic E-state index is 10.8. The Morgan fingerprint density at radius 2 is 2.29 bits per heavy atom. The molecule has 0 atom stereocenters. The fraction of sp³-hybridized carbons (Fsp3) is 0.182. The van der Waals surface area contributed by atoms with E-state index in [2.05, 4.69) is 6.58 Å². The van der Waals surface area contributed by atoms with E-state index in [0.29, 0.717) is 5.75 Å². The lowest BCUT2D eigenvalue weighted by Crippen LogP contribution is -2.02. The Kier molecular flexibility index (Phi) is 4.26. The molecule has 0 aliphatic carbocycles. The molecule has 2 nitrogen and oxygen atoms in total. The highest BCUT2D eigenvalue weighted by molar-refractivity contribution is 7.99. The van der Waals surface area contributed by atoms with Gasteiger partial charge in [0.2, 0.25) is 0 Å². The number of benzene rings is 1. The molecule has 74 valence electrons. The van der Waals surface area contributed by atoms with Crippen LogP contribution >= 0.6 is 11.8 Å². The fourth-order valence-corrected chi connectivity index (χ4v) is 1.68. The molecule has 1 aromatic carbocycles. The van der Waals surface area contributed by atoms with Crippen molar-refractivity contribution in [1.82, 2.24) is 0 Å². The quantitative estimate of drug-likeness (QED) is 0.329. The van der Waals surface area contributed by atoms with E-state index in [-0.39, 0.29) is 5.97 Å². The molecule has 0 N–H and O–H groups in total. The molecule has 0 unspecified atom stereocenters. The molecule has 14 heavy (non-hydrogen) atoms. The van der Waals surface area contributed by atoms with E-state index in [1.807, 2.05) is 24.3 Å². The molecule has 0 amide bonds. The highest BCUT2D eigenvalue weighted by Gasteiger charge is 2.04. The third kappa shape index (κ3) is 3.26. The number of ether oxygens (including phenoxy) is 1. The minimum atomic E-state index is -0.295. The van der Waals surface area contributed by atoms with Crippen molar-refractivity contribution in [1.29, 1.82) is 0 Å². The summed E-state index contributed by atoms with van der Waals surface area (Å²) in [5.41, 5.74) is 0. The minimum Gasteiger partial charge on any atom is -0.426 e. The number of rotatable bonds is 4. The van der Waals surface area contributed by atoms with Crippen LogP contribution in [0.2, 0.25) is 0 Å². The Hall–Kier alpha value is -1.22. The van der Waals surface area contributed by atoms with Gasteiger partial charge in [-0.3, -0.25) is 4.79 Å². The Labute approximate surface area is 88.0 Å². The van der Waals surface area contributed by atoms with Crippen LogP contribution in [0, 0.1) is 0 Å². The molecule has 1 rings (SSSR count). The van der Waals surface area contributed by atoms with Crippen molar-refractivity contribution in [2.75, 3.05) is 5.75 Å². The molecule has 0 spiro atoms. The van der Waals surface area contributed by atoms with Crippen LogP contribution < -0.4 is 4.74 Å². The molecule has 3 heteroatoms. The average molecular weight is 208 g/mol. The smallest absolute Gasteiger partial charge is 0.308 e. The van der Waals surface area contributed by atoms with Gasteiger partial charge in [0.1, 0.15) is 5.75 Å². The molecule has 0 heterocycles. The molecule has 0 aromatic heterocycles. The number of para-hydroxylation sites is 1. The molecule has 0 bridgehead atoms. The van der Waals surface area contributed by atoms with Crippen molar-refractivity contribution < 1.29 is 9.53 Å². The molecule has 0 aliphatic rings. The largest absolute Gasteiger partial charge is 0.426 e. The van der Waals surface area contributed by atoms with Gasteiger partial charge in [0.05, 0.1) is 4.90 Å². The average Bonchev–Trinajstić information content (AvgIpc) is 2.16. The van der Waals surface area contributed by atoms with Gasteiger partial charge in [0, 0.05) is 12.7 Å². The standard InChI is InChI=1S/C11H12O2S/c1-3-8-14-11-7-5-4-6-10(11)13-9(2)12/h3-7H,1,8H2,2H3. The van der Waals surface area contributed by atoms with Crippen LogP contribution in [0.3, 0.4) is 0 Å². The highest BCUT2D eigenvalue weighted by atomic mass is 32.2. The Balaban J connectivity index is 2.79. The van der Waals surface area contributed by atoms with Crippen LogP contribution in [0.4, 0.5) is 0 Å². The maximum atomic E-state index is 10.8. The predicted molar refractivity (Wildman–Crippen MR) is 58.7 cm³/mol. The lowest BCUT2D eigenvalue weighted by Gasteiger charge is -2.06. The van der Waals surface area contributed by atoms with Gasteiger partial charge in [0.15, 0.2) is 0 Å². The van der Waals surface area contributed by atoms with Crippen molar-refractivity contribution in [2.45, 2.75) is 11.8 Å². The third-order valence-corrected chi connectivity index (χ3v) is 2.51. The number of thioether (sulfide) groups is 1. The lowest BCUT2D eigenvalue weighted by molar-refractivity contribution is -0.132. The number of hydrogen-bond donors (Lipinski definition) is 0. The van der Waals surface area contributed by atoms with Crippen molar-refractivity contribution in [3.63, 3.8) is 0 Å². The third-order valence-electron chi connectivity index (χ3n) is 1.46. The lowest BCUT2D eigenvalue weighted by atomic mass is 10.3. The van der Waals surface area contributed by atoms with Crippen molar-refractivity contribution in [3.8, 4) is 5.75 Å². The van der Waals surface area contributed by atoms with E-state index in [0.717, 1.165) is 10.6 Å². The summed E-state index contributed by atoms with van der Waals surface area (Å²) in [5, 5.41) is 0. The van der Waals surface area contributed by atoms with Crippen molar-refractivity contribution in [3.05, 3.63) is 36.9 Å². The van der Waals surface area contributed by atoms with Gasteiger partial charge in [-0.05, 0) is 12.1 Å². The SMILES string of the molecule is C=CCSc1ccccc1OC(C)=O. The first-order chi connectivity index (χ1) is 6.74. The highest BCUT2D eigenvalue weighted by Crippen LogP contribution is 2.28. The Morgan fingerprint density at radius 1 is 1.57 bits per heavy atom. The first-order valence-electron chi connectivity index (χ1n) is 4.25. The molecule has 0 saturated heterocycles. The normalized spacial score (nSPS) is 9.50. The second-order valence-electron chi connectivity index (χ2n) is 2.64. The molecule has 0 saturated carbocycles. The first kappa shape index (κ1) is 10.9. The van der Waals surface area contributed by atoms with Gasteiger partial charge in [-0.25, -0.2) is 0 Å². The maximum Gasteiger partial charge on any atom is 0.308 e. The second kappa shape index (κ2) is 5.50. The summed E-state index contributed by atoms with van der Waals surface area (Å²) in [4.78, 5) is 11.7. The van der Waals surface area contributed by atoms with Crippen LogP contribution in [0.15, 0.2) is 41.8 Å². The molecular formula is C11H12O2S. The zero-order valence-electron chi connectivity index (χ0n) is 8.03. The van der Waals surface area contributed by atoms with Crippen LogP contribution in [0.5, 0.6) is 5.75 Å². The van der Waals surface area contributed by atoms with Gasteiger partial charge in [-0.2, -0.15) is 0 Å². The zero-order valence-corrected chi connectivity index (χ0v) is 8.84. The van der Waals surface area contributed by atoms with Gasteiger partial charge in [0.25, 0.3) is 0 Å². The van der Waals surface area contributed by atoms with Gasteiger partial charge >= 0.3 is 5.97 Å². The molecule has 0 fully saturated rings. The molecular weight excluding hydrogens is 196 g/mol. The molecule has 0 aliphatic heterocycles. The van der Waals surface area contributed by atoms with E-state index in [1.165, 1.54) is 6.92 Å². The fourth-order valence-electron chi connectivity index (χ4n) is 0.957. The number of esters is 1. The summed E-state index contributed by atoms with van der Waals surface area (Å²) < 4.78 is 5.05. The van der Waals surface area contributed by atoms with Crippen molar-refractivity contribution >= 4 is 17.7 Å². The van der Waals surface area contributed by atoms with E-state index in [1.54, 1.807) is 17.8 Å². The van der Waals surface area contributed by atoms with E-state index < -0.39 is 0 Å². The predicted octanol–water partition coefficient (Wildman–Crippen LogP) is 2.89. The Bertz CT molecular complexity index is 334. The van der Waals surface area contributed by atoms with Gasteiger partial charge in [-0.15, -0.1) is 18.3 Å². The summed E-state index contributed by atoms with van der Waals surface area (Å²) in [7, 11) is 0. The summed E-state index contributed by atoms with van der Waals surface area (Å²) in [6, 6.07) is 7.47. The second-order valence-corrected chi connectivity index (χ2v) is 3.70. The zero-order chi connectivity index (χ0) is 10.4. The van der Waals surface area contributed by atoms with Crippen molar-refractivity contribution in [2.24, 2.45) is 0 Å². The van der Waals surface area contributed by atoms with Crippen LogP contribution in [-0.4, -0.2) is 11.7 Å². The topological polar surface area (TPSA) is 26.3 Å². The number of hydrogen-bond acceptors (Lipinski definition) is 3. The molecule has 0 radical (unpaired) electrons. The van der Waals surface area contributed by atoms with Crippen LogP contribution in [0.1, 0.15) is 6.92 Å². The van der Waals surface area contributed by atoms with Gasteiger partial charge < -0.3 is 4.74 Å². The van der Waals surface area contributed by atoms with Crippen LogP contribution in [-0.2, 0) is 4.79 Å². The Morgan fingerprint density at radius 3 is 2.93 bits per heavy atom. The first-order valence-corrected chi connectivity index (χ1v) is 5.23. The summed E-state index contributed by atoms with van der Waals surface area (Å²) >= 11 is 1.59. The summed E-state index contributed by atoms with van der Waals surface area (Å²) in [5.74, 6) is 1.13. The monoisotopic (exact) mass is 208 g/mol. The summed E-state index contributed by atoms with van der Waals surface area (Å²) in [6.07, 6.45) is 1.81. The summed E-state index contributed by atoms with van der Waals surface area (Å²) in [6.45, 7) is 5.04. The minimum absolute atomic E-state index is 0.295. The van der Waals surface area contributed by atoms with E-state index in [4.69, 9.17) is 4.74 Å². The number of carbonyl (C=O) groups excluding carboxylic acids is 1. The van der Waals surface area contributed by atoms with E-state index >= 15 is 0 Å². The van der Waals surface area contributed by atoms with Crippen LogP contribution in [0.25, 0.3) is 0 Å². The van der Waals surface area contributed by atoms with Gasteiger partial charge in [-0.1, -0.05) is 18.2 Å². The molecule has 1 aromatic rings. The number of carbonyl (C=O) groups is 1. The van der Waals surface area contributed by atoms with E-state index in [9.17, 15) is 4.79 Å².